The molecule has 0 spiro atoms. The van der Waals surface area contributed by atoms with Gasteiger partial charge in [-0.2, -0.15) is 0 Å². The number of rotatable bonds is 7. The van der Waals surface area contributed by atoms with Gasteiger partial charge in [-0.05, 0) is 52.1 Å². The van der Waals surface area contributed by atoms with Crippen LogP contribution in [0.25, 0.3) is 0 Å². The van der Waals surface area contributed by atoms with Crippen LogP contribution in [0, 0.1) is 5.92 Å². The molecule has 0 bridgehead atoms. The summed E-state index contributed by atoms with van der Waals surface area (Å²) in [6.07, 6.45) is 3.13. The fraction of sp³-hybridized carbons (Fsp3) is 0.933. The van der Waals surface area contributed by atoms with Crippen LogP contribution in [0.5, 0.6) is 0 Å². The van der Waals surface area contributed by atoms with Crippen molar-refractivity contribution in [2.45, 2.75) is 71.5 Å². The van der Waals surface area contributed by atoms with Gasteiger partial charge in [0, 0.05) is 12.1 Å². The minimum absolute atomic E-state index is 0.301. The second kappa shape index (κ2) is 6.71. The number of hydrogen-bond acceptors (Lipinski definition) is 3. The van der Waals surface area contributed by atoms with E-state index in [0.717, 1.165) is 6.54 Å². The summed E-state index contributed by atoms with van der Waals surface area (Å²) in [6.45, 7) is 12.2. The molecule has 0 aromatic carbocycles. The van der Waals surface area contributed by atoms with E-state index < -0.39 is 11.5 Å². The van der Waals surface area contributed by atoms with Crippen molar-refractivity contribution in [1.82, 2.24) is 10.2 Å². The molecule has 1 aliphatic rings. The fourth-order valence-electron chi connectivity index (χ4n) is 3.41. The average Bonchev–Trinajstić information content (AvgIpc) is 2.77. The van der Waals surface area contributed by atoms with Crippen molar-refractivity contribution in [3.05, 3.63) is 0 Å². The molecule has 4 heteroatoms. The Labute approximate surface area is 117 Å². The standard InChI is InChI=1S/C15H30N2O2/c1-6-16-15(5,14(18)19)10-12(4)17-9-7-8-13(17)11(2)3/h11-13,16H,6-10H2,1-5H3,(H,18,19). The lowest BCUT2D eigenvalue weighted by molar-refractivity contribution is -0.145. The Morgan fingerprint density at radius 1 is 1.47 bits per heavy atom. The van der Waals surface area contributed by atoms with E-state index in [-0.39, 0.29) is 0 Å². The number of aliphatic carboxylic acids is 1. The number of likely N-dealkylation sites (N-methyl/N-ethyl adjacent to an activating group) is 1. The lowest BCUT2D eigenvalue weighted by Gasteiger charge is -2.37. The molecule has 3 atom stereocenters. The quantitative estimate of drug-likeness (QED) is 0.745. The van der Waals surface area contributed by atoms with E-state index in [1.807, 2.05) is 6.92 Å². The first-order valence-electron chi connectivity index (χ1n) is 7.56. The van der Waals surface area contributed by atoms with Gasteiger partial charge >= 0.3 is 5.97 Å². The van der Waals surface area contributed by atoms with Crippen LogP contribution in [-0.4, -0.2) is 46.7 Å². The smallest absolute Gasteiger partial charge is 0.323 e. The summed E-state index contributed by atoms with van der Waals surface area (Å²) in [5, 5.41) is 12.6. The minimum Gasteiger partial charge on any atom is -0.480 e. The SMILES string of the molecule is CCNC(C)(CC(C)N1CCCC1C(C)C)C(=O)O. The first-order chi connectivity index (χ1) is 8.81. The van der Waals surface area contributed by atoms with Crippen molar-refractivity contribution >= 4 is 5.97 Å². The largest absolute Gasteiger partial charge is 0.480 e. The zero-order chi connectivity index (χ0) is 14.6. The predicted molar refractivity (Wildman–Crippen MR) is 78.4 cm³/mol. The molecule has 0 saturated carbocycles. The molecule has 112 valence electrons. The van der Waals surface area contributed by atoms with E-state index in [2.05, 4.69) is 31.0 Å². The Bertz CT molecular complexity index is 307. The van der Waals surface area contributed by atoms with Gasteiger partial charge in [0.25, 0.3) is 0 Å². The summed E-state index contributed by atoms with van der Waals surface area (Å²) in [5.41, 5.74) is -0.821. The van der Waals surface area contributed by atoms with Crippen LogP contribution in [0.1, 0.15) is 53.9 Å². The molecule has 0 amide bonds. The van der Waals surface area contributed by atoms with Crippen LogP contribution < -0.4 is 5.32 Å². The molecule has 0 aromatic rings. The van der Waals surface area contributed by atoms with Crippen LogP contribution in [0.3, 0.4) is 0 Å². The fourth-order valence-corrected chi connectivity index (χ4v) is 3.41. The Balaban J connectivity index is 2.71. The Hall–Kier alpha value is -0.610. The number of likely N-dealkylation sites (tertiary alicyclic amines) is 1. The van der Waals surface area contributed by atoms with Crippen molar-refractivity contribution in [2.75, 3.05) is 13.1 Å². The molecular weight excluding hydrogens is 240 g/mol. The van der Waals surface area contributed by atoms with Crippen LogP contribution in [0.15, 0.2) is 0 Å². The molecule has 19 heavy (non-hydrogen) atoms. The van der Waals surface area contributed by atoms with Crippen molar-refractivity contribution in [3.8, 4) is 0 Å². The summed E-state index contributed by atoms with van der Waals surface area (Å²) in [4.78, 5) is 14.0. The molecule has 1 aliphatic heterocycles. The monoisotopic (exact) mass is 270 g/mol. The zero-order valence-corrected chi connectivity index (χ0v) is 13.1. The van der Waals surface area contributed by atoms with Crippen molar-refractivity contribution in [1.29, 1.82) is 0 Å². The topological polar surface area (TPSA) is 52.6 Å². The highest BCUT2D eigenvalue weighted by atomic mass is 16.4. The van der Waals surface area contributed by atoms with E-state index in [0.29, 0.717) is 31.0 Å². The van der Waals surface area contributed by atoms with Gasteiger partial charge in [-0.3, -0.25) is 9.69 Å². The molecule has 4 nitrogen and oxygen atoms in total. The Morgan fingerprint density at radius 2 is 2.11 bits per heavy atom. The Kier molecular flexibility index (Phi) is 5.81. The Morgan fingerprint density at radius 3 is 2.58 bits per heavy atom. The number of carboxylic acid groups (broad SMARTS) is 1. The predicted octanol–water partition coefficient (Wildman–Crippen LogP) is 2.34. The van der Waals surface area contributed by atoms with Crippen molar-refractivity contribution in [3.63, 3.8) is 0 Å². The summed E-state index contributed by atoms with van der Waals surface area (Å²) < 4.78 is 0. The van der Waals surface area contributed by atoms with E-state index >= 15 is 0 Å². The number of carbonyl (C=O) groups is 1. The highest BCUT2D eigenvalue weighted by molar-refractivity contribution is 5.78. The third-order valence-corrected chi connectivity index (χ3v) is 4.42. The molecule has 1 heterocycles. The van der Waals surface area contributed by atoms with Gasteiger partial charge in [-0.1, -0.05) is 20.8 Å². The molecule has 1 fully saturated rings. The van der Waals surface area contributed by atoms with Gasteiger partial charge in [0.1, 0.15) is 5.54 Å². The van der Waals surface area contributed by atoms with E-state index in [4.69, 9.17) is 0 Å². The van der Waals surface area contributed by atoms with Crippen LogP contribution in [0.2, 0.25) is 0 Å². The van der Waals surface area contributed by atoms with Gasteiger partial charge < -0.3 is 10.4 Å². The molecular formula is C15H30N2O2. The zero-order valence-electron chi connectivity index (χ0n) is 13.1. The van der Waals surface area contributed by atoms with Crippen LogP contribution in [0.4, 0.5) is 0 Å². The lowest BCUT2D eigenvalue weighted by atomic mass is 9.91. The third-order valence-electron chi connectivity index (χ3n) is 4.42. The molecule has 2 N–H and O–H groups in total. The second-order valence-corrected chi connectivity index (χ2v) is 6.41. The number of nitrogens with one attached hydrogen (secondary N) is 1. The molecule has 0 radical (unpaired) electrons. The van der Waals surface area contributed by atoms with Gasteiger partial charge in [0.05, 0.1) is 0 Å². The van der Waals surface area contributed by atoms with E-state index in [9.17, 15) is 9.90 Å². The van der Waals surface area contributed by atoms with E-state index in [1.165, 1.54) is 12.8 Å². The molecule has 1 saturated heterocycles. The first kappa shape index (κ1) is 16.4. The highest BCUT2D eigenvalue weighted by Crippen LogP contribution is 2.28. The molecule has 0 aliphatic carbocycles. The summed E-state index contributed by atoms with van der Waals surface area (Å²) >= 11 is 0. The minimum atomic E-state index is -0.821. The summed E-state index contributed by atoms with van der Waals surface area (Å²) in [5.74, 6) is -0.110. The van der Waals surface area contributed by atoms with Gasteiger partial charge in [-0.15, -0.1) is 0 Å². The van der Waals surface area contributed by atoms with Crippen molar-refractivity contribution in [2.24, 2.45) is 5.92 Å². The maximum Gasteiger partial charge on any atom is 0.323 e. The number of hydrogen-bond donors (Lipinski definition) is 2. The molecule has 3 unspecified atom stereocenters. The average molecular weight is 270 g/mol. The normalized spacial score (nSPS) is 25.5. The lowest BCUT2D eigenvalue weighted by Crippen LogP contribution is -2.54. The second-order valence-electron chi connectivity index (χ2n) is 6.41. The molecule has 1 rings (SSSR count). The summed E-state index contributed by atoms with van der Waals surface area (Å²) in [6, 6.07) is 0.907. The van der Waals surface area contributed by atoms with Crippen LogP contribution >= 0.6 is 0 Å². The first-order valence-corrected chi connectivity index (χ1v) is 7.56. The highest BCUT2D eigenvalue weighted by Gasteiger charge is 2.38. The molecule has 0 aromatic heterocycles. The summed E-state index contributed by atoms with van der Waals surface area (Å²) in [7, 11) is 0. The number of carboxylic acids is 1. The maximum atomic E-state index is 11.5. The van der Waals surface area contributed by atoms with Crippen molar-refractivity contribution < 1.29 is 9.90 Å². The van der Waals surface area contributed by atoms with E-state index in [1.54, 1.807) is 6.92 Å². The van der Waals surface area contributed by atoms with Gasteiger partial charge in [0.2, 0.25) is 0 Å². The van der Waals surface area contributed by atoms with Crippen LogP contribution in [-0.2, 0) is 4.79 Å². The van der Waals surface area contributed by atoms with Gasteiger partial charge in [-0.25, -0.2) is 0 Å². The number of nitrogens with zero attached hydrogens (tertiary/aromatic N) is 1. The maximum absolute atomic E-state index is 11.5. The third kappa shape index (κ3) is 3.93. The van der Waals surface area contributed by atoms with Gasteiger partial charge in [0.15, 0.2) is 0 Å².